The molecule has 0 aliphatic heterocycles. The van der Waals surface area contributed by atoms with E-state index in [4.69, 9.17) is 5.73 Å². The van der Waals surface area contributed by atoms with Crippen LogP contribution in [0.3, 0.4) is 0 Å². The minimum Gasteiger partial charge on any atom is -0.327 e. The standard InChI is InChI=1S/C12H23NS/c1-4-10(14)7-11-8(2)5-6-9(3)12(11)13/h5,9-12,14H,4,6-7,13H2,1-3H3/t9-,10?,11+,12?/m1/s1. The summed E-state index contributed by atoms with van der Waals surface area (Å²) >= 11 is 4.57. The summed E-state index contributed by atoms with van der Waals surface area (Å²) in [6.45, 7) is 6.65. The van der Waals surface area contributed by atoms with Gasteiger partial charge < -0.3 is 5.73 Å². The lowest BCUT2D eigenvalue weighted by molar-refractivity contribution is 0.322. The minimum absolute atomic E-state index is 0.334. The van der Waals surface area contributed by atoms with E-state index in [1.165, 1.54) is 5.57 Å². The third kappa shape index (κ3) is 2.77. The van der Waals surface area contributed by atoms with Crippen molar-refractivity contribution in [3.63, 3.8) is 0 Å². The average molecular weight is 213 g/mol. The summed E-state index contributed by atoms with van der Waals surface area (Å²) in [5, 5.41) is 0.500. The molecule has 1 nitrogen and oxygen atoms in total. The molecular formula is C12H23NS. The highest BCUT2D eigenvalue weighted by Crippen LogP contribution is 2.32. The summed E-state index contributed by atoms with van der Waals surface area (Å²) in [6, 6.07) is 0.334. The molecule has 2 unspecified atom stereocenters. The predicted molar refractivity (Wildman–Crippen MR) is 66.7 cm³/mol. The van der Waals surface area contributed by atoms with E-state index in [1.54, 1.807) is 0 Å². The molecule has 0 amide bonds. The minimum atomic E-state index is 0.334. The van der Waals surface area contributed by atoms with Crippen LogP contribution in [-0.4, -0.2) is 11.3 Å². The van der Waals surface area contributed by atoms with E-state index in [1.807, 2.05) is 0 Å². The Morgan fingerprint density at radius 1 is 1.64 bits per heavy atom. The molecule has 14 heavy (non-hydrogen) atoms. The fourth-order valence-electron chi connectivity index (χ4n) is 2.18. The van der Waals surface area contributed by atoms with Gasteiger partial charge in [-0.2, -0.15) is 12.6 Å². The summed E-state index contributed by atoms with van der Waals surface area (Å²) in [4.78, 5) is 0. The van der Waals surface area contributed by atoms with Crippen LogP contribution in [0.2, 0.25) is 0 Å². The van der Waals surface area contributed by atoms with Crippen molar-refractivity contribution in [2.45, 2.75) is 51.3 Å². The Bertz CT molecular complexity index is 212. The van der Waals surface area contributed by atoms with E-state index in [2.05, 4.69) is 39.5 Å². The lowest BCUT2D eigenvalue weighted by Crippen LogP contribution is -2.40. The van der Waals surface area contributed by atoms with Crippen LogP contribution in [-0.2, 0) is 0 Å². The Hall–Kier alpha value is 0.0500. The number of rotatable bonds is 3. The highest BCUT2D eigenvalue weighted by atomic mass is 32.1. The molecule has 0 aromatic rings. The first kappa shape index (κ1) is 12.1. The van der Waals surface area contributed by atoms with Crippen LogP contribution in [0.5, 0.6) is 0 Å². The fourth-order valence-corrected chi connectivity index (χ4v) is 2.41. The van der Waals surface area contributed by atoms with E-state index >= 15 is 0 Å². The van der Waals surface area contributed by atoms with E-state index in [0.717, 1.165) is 19.3 Å². The Labute approximate surface area is 93.6 Å². The topological polar surface area (TPSA) is 26.0 Å². The van der Waals surface area contributed by atoms with Gasteiger partial charge >= 0.3 is 0 Å². The quantitative estimate of drug-likeness (QED) is 0.547. The third-order valence-corrected chi connectivity index (χ3v) is 4.09. The van der Waals surface area contributed by atoms with Crippen molar-refractivity contribution in [3.8, 4) is 0 Å². The summed E-state index contributed by atoms with van der Waals surface area (Å²) in [5.74, 6) is 1.18. The van der Waals surface area contributed by atoms with Gasteiger partial charge in [0.2, 0.25) is 0 Å². The molecule has 2 heteroatoms. The zero-order chi connectivity index (χ0) is 10.7. The maximum atomic E-state index is 6.24. The summed E-state index contributed by atoms with van der Waals surface area (Å²) in [5.41, 5.74) is 7.72. The lowest BCUT2D eigenvalue weighted by Gasteiger charge is -2.34. The summed E-state index contributed by atoms with van der Waals surface area (Å²) in [7, 11) is 0. The second-order valence-electron chi connectivity index (χ2n) is 4.64. The second kappa shape index (κ2) is 5.22. The summed E-state index contributed by atoms with van der Waals surface area (Å²) in [6.07, 6.45) is 5.77. The first-order valence-corrected chi connectivity index (χ1v) is 6.18. The van der Waals surface area contributed by atoms with Gasteiger partial charge in [0.25, 0.3) is 0 Å². The van der Waals surface area contributed by atoms with Gasteiger partial charge in [-0.3, -0.25) is 0 Å². The van der Waals surface area contributed by atoms with Crippen LogP contribution in [0.4, 0.5) is 0 Å². The SMILES string of the molecule is CCC(S)C[C@H]1C(C)=CC[C@@H](C)C1N. The predicted octanol–water partition coefficient (Wildman–Crippen LogP) is 3.01. The van der Waals surface area contributed by atoms with Crippen molar-refractivity contribution in [2.24, 2.45) is 17.6 Å². The molecule has 0 saturated heterocycles. The Kier molecular flexibility index (Phi) is 4.52. The average Bonchev–Trinajstić information content (AvgIpc) is 2.18. The van der Waals surface area contributed by atoms with Gasteiger partial charge in [-0.25, -0.2) is 0 Å². The first-order valence-electron chi connectivity index (χ1n) is 5.66. The van der Waals surface area contributed by atoms with Crippen molar-refractivity contribution in [2.75, 3.05) is 0 Å². The highest BCUT2D eigenvalue weighted by Gasteiger charge is 2.28. The van der Waals surface area contributed by atoms with Gasteiger partial charge in [0.1, 0.15) is 0 Å². The van der Waals surface area contributed by atoms with Crippen LogP contribution in [0.25, 0.3) is 0 Å². The Morgan fingerprint density at radius 3 is 2.86 bits per heavy atom. The van der Waals surface area contributed by atoms with E-state index < -0.39 is 0 Å². The molecule has 1 rings (SSSR count). The maximum Gasteiger partial charge on any atom is 0.0134 e. The van der Waals surface area contributed by atoms with Crippen molar-refractivity contribution < 1.29 is 0 Å². The molecule has 0 heterocycles. The van der Waals surface area contributed by atoms with Gasteiger partial charge in [0, 0.05) is 11.3 Å². The van der Waals surface area contributed by atoms with Crippen LogP contribution in [0.1, 0.15) is 40.0 Å². The molecule has 1 aliphatic rings. The van der Waals surface area contributed by atoms with E-state index in [0.29, 0.717) is 23.1 Å². The number of hydrogen-bond acceptors (Lipinski definition) is 2. The molecule has 2 N–H and O–H groups in total. The van der Waals surface area contributed by atoms with Crippen LogP contribution < -0.4 is 5.73 Å². The molecule has 0 aromatic heterocycles. The van der Waals surface area contributed by atoms with Crippen molar-refractivity contribution >= 4 is 12.6 Å². The normalized spacial score (nSPS) is 35.2. The third-order valence-electron chi connectivity index (χ3n) is 3.52. The molecule has 0 fully saturated rings. The molecule has 82 valence electrons. The molecule has 0 saturated carbocycles. The van der Waals surface area contributed by atoms with Crippen LogP contribution in [0, 0.1) is 11.8 Å². The maximum absolute atomic E-state index is 6.24. The van der Waals surface area contributed by atoms with Crippen molar-refractivity contribution in [3.05, 3.63) is 11.6 Å². The highest BCUT2D eigenvalue weighted by molar-refractivity contribution is 7.80. The zero-order valence-electron chi connectivity index (χ0n) is 9.53. The number of allylic oxidation sites excluding steroid dienone is 1. The van der Waals surface area contributed by atoms with E-state index in [9.17, 15) is 0 Å². The largest absolute Gasteiger partial charge is 0.327 e. The number of nitrogens with two attached hydrogens (primary N) is 1. The van der Waals surface area contributed by atoms with Gasteiger partial charge in [-0.1, -0.05) is 25.5 Å². The molecule has 0 spiro atoms. The molecule has 0 bridgehead atoms. The molecule has 0 aromatic carbocycles. The molecular weight excluding hydrogens is 190 g/mol. The van der Waals surface area contributed by atoms with Gasteiger partial charge in [0.05, 0.1) is 0 Å². The van der Waals surface area contributed by atoms with E-state index in [-0.39, 0.29) is 0 Å². The lowest BCUT2D eigenvalue weighted by atomic mass is 9.76. The van der Waals surface area contributed by atoms with Crippen LogP contribution in [0.15, 0.2) is 11.6 Å². The van der Waals surface area contributed by atoms with Crippen molar-refractivity contribution in [1.29, 1.82) is 0 Å². The van der Waals surface area contributed by atoms with Gasteiger partial charge in [-0.15, -0.1) is 0 Å². The molecule has 1 aliphatic carbocycles. The monoisotopic (exact) mass is 213 g/mol. The Morgan fingerprint density at radius 2 is 2.29 bits per heavy atom. The molecule has 4 atom stereocenters. The first-order chi connectivity index (χ1) is 6.56. The summed E-state index contributed by atoms with van der Waals surface area (Å²) < 4.78 is 0. The van der Waals surface area contributed by atoms with Crippen LogP contribution >= 0.6 is 12.6 Å². The Balaban J connectivity index is 2.64. The van der Waals surface area contributed by atoms with Gasteiger partial charge in [0.15, 0.2) is 0 Å². The van der Waals surface area contributed by atoms with Gasteiger partial charge in [-0.05, 0) is 38.0 Å². The second-order valence-corrected chi connectivity index (χ2v) is 5.37. The van der Waals surface area contributed by atoms with Crippen molar-refractivity contribution in [1.82, 2.24) is 0 Å². The fraction of sp³-hybridized carbons (Fsp3) is 0.833. The zero-order valence-corrected chi connectivity index (χ0v) is 10.4. The smallest absolute Gasteiger partial charge is 0.0134 e. The molecule has 0 radical (unpaired) electrons. The number of thiol groups is 1. The number of hydrogen-bond donors (Lipinski definition) is 2.